The van der Waals surface area contributed by atoms with Gasteiger partial charge >= 0.3 is 0 Å². The normalized spacial score (nSPS) is 12.2. The maximum Gasteiger partial charge on any atom is 0.147 e. The maximum atomic E-state index is 6.42. The highest BCUT2D eigenvalue weighted by Gasteiger charge is 2.17. The van der Waals surface area contributed by atoms with Crippen molar-refractivity contribution in [2.45, 2.75) is 6.92 Å². The molecule has 0 aliphatic heterocycles. The Morgan fingerprint density at radius 1 is 0.444 bits per heavy atom. The fourth-order valence-electron chi connectivity index (χ4n) is 7.02. The molecule has 0 amide bonds. The van der Waals surface area contributed by atoms with Gasteiger partial charge in [0.25, 0.3) is 0 Å². The largest absolute Gasteiger partial charge is 0.461 e. The summed E-state index contributed by atoms with van der Waals surface area (Å²) in [5, 5.41) is 7.49. The standard InChI is InChI=1S/C41H24O4/c1-3-27-22(2)42-38-21-39-33(20-32(27)38)31-19-26(12-15-35(31)44-39)24-10-8-23(9-11-24)25-13-16-36-30(18-25)28-14-17-37-40(41(28)45-36)29-6-4-5-7-34(29)43-37/h3-21H,1H2,2H3. The first-order chi connectivity index (χ1) is 22.1. The molecule has 0 aliphatic carbocycles. The van der Waals surface area contributed by atoms with Gasteiger partial charge in [0.05, 0.1) is 5.39 Å². The Kier molecular flexibility index (Phi) is 4.77. The minimum Gasteiger partial charge on any atom is -0.461 e. The van der Waals surface area contributed by atoms with Crippen LogP contribution in [0.25, 0.3) is 105 Å². The SMILES string of the molecule is C=Cc1c(C)oc2cc3oc4ccc(-c5ccc(-c6ccc7oc8c(ccc9oc%10ccccc%10c98)c7c6)cc5)cc4c3cc12. The lowest BCUT2D eigenvalue weighted by Crippen LogP contribution is -1.81. The van der Waals surface area contributed by atoms with Crippen LogP contribution in [-0.2, 0) is 0 Å². The third-order valence-electron chi connectivity index (χ3n) is 9.24. The van der Waals surface area contributed by atoms with Crippen molar-refractivity contribution in [1.82, 2.24) is 0 Å². The summed E-state index contributed by atoms with van der Waals surface area (Å²) < 4.78 is 24.7. The Hall–Kier alpha value is -6.00. The molecule has 0 spiro atoms. The third-order valence-corrected chi connectivity index (χ3v) is 9.24. The molecule has 4 heterocycles. The number of aryl methyl sites for hydroxylation is 1. The number of hydrogen-bond acceptors (Lipinski definition) is 4. The Morgan fingerprint density at radius 3 is 1.78 bits per heavy atom. The minimum absolute atomic E-state index is 0.814. The molecule has 0 bridgehead atoms. The summed E-state index contributed by atoms with van der Waals surface area (Å²) in [6.07, 6.45) is 1.86. The summed E-state index contributed by atoms with van der Waals surface area (Å²) >= 11 is 0. The van der Waals surface area contributed by atoms with Gasteiger partial charge in [-0.05, 0) is 77.7 Å². The summed E-state index contributed by atoms with van der Waals surface area (Å²) in [7, 11) is 0. The van der Waals surface area contributed by atoms with E-state index in [1.54, 1.807) is 0 Å². The van der Waals surface area contributed by atoms with Crippen LogP contribution in [0, 0.1) is 6.92 Å². The number of fused-ring (bicyclic) bond motifs is 11. The molecule has 4 aromatic heterocycles. The van der Waals surface area contributed by atoms with Gasteiger partial charge in [-0.3, -0.25) is 0 Å². The highest BCUT2D eigenvalue weighted by atomic mass is 16.4. The topological polar surface area (TPSA) is 52.6 Å². The van der Waals surface area contributed by atoms with E-state index in [9.17, 15) is 0 Å². The van der Waals surface area contributed by atoms with E-state index in [4.69, 9.17) is 17.7 Å². The summed E-state index contributed by atoms with van der Waals surface area (Å²) in [5.74, 6) is 0.863. The number of hydrogen-bond donors (Lipinski definition) is 0. The Balaban J connectivity index is 1.05. The zero-order valence-electron chi connectivity index (χ0n) is 24.3. The van der Waals surface area contributed by atoms with Crippen LogP contribution < -0.4 is 0 Å². The van der Waals surface area contributed by atoms with Crippen molar-refractivity contribution in [3.63, 3.8) is 0 Å². The molecule has 212 valence electrons. The van der Waals surface area contributed by atoms with Crippen molar-refractivity contribution in [2.24, 2.45) is 0 Å². The zero-order chi connectivity index (χ0) is 29.8. The van der Waals surface area contributed by atoms with Gasteiger partial charge in [-0.1, -0.05) is 67.3 Å². The summed E-state index contributed by atoms with van der Waals surface area (Å²) in [5.41, 5.74) is 11.5. The van der Waals surface area contributed by atoms with Crippen molar-refractivity contribution >= 4 is 82.9 Å². The molecular weight excluding hydrogens is 556 g/mol. The van der Waals surface area contributed by atoms with E-state index in [2.05, 4.69) is 85.4 Å². The Morgan fingerprint density at radius 2 is 1.02 bits per heavy atom. The molecule has 0 N–H and O–H groups in total. The minimum atomic E-state index is 0.814. The van der Waals surface area contributed by atoms with Crippen LogP contribution in [0.4, 0.5) is 0 Å². The van der Waals surface area contributed by atoms with E-state index in [0.717, 1.165) is 110 Å². The molecule has 4 heteroatoms. The smallest absolute Gasteiger partial charge is 0.147 e. The Bertz CT molecular complexity index is 2830. The average Bonchev–Trinajstić information content (AvgIpc) is 3.81. The number of benzene rings is 6. The molecule has 6 aromatic carbocycles. The molecule has 10 rings (SSSR count). The maximum absolute atomic E-state index is 6.42. The number of rotatable bonds is 3. The van der Waals surface area contributed by atoms with Crippen molar-refractivity contribution in [1.29, 1.82) is 0 Å². The van der Waals surface area contributed by atoms with E-state index in [0.29, 0.717) is 0 Å². The van der Waals surface area contributed by atoms with Crippen molar-refractivity contribution in [2.75, 3.05) is 0 Å². The highest BCUT2D eigenvalue weighted by Crippen LogP contribution is 2.41. The van der Waals surface area contributed by atoms with E-state index in [-0.39, 0.29) is 0 Å². The van der Waals surface area contributed by atoms with E-state index in [1.165, 1.54) is 0 Å². The summed E-state index contributed by atoms with van der Waals surface area (Å²) in [6, 6.07) is 38.0. The second kappa shape index (κ2) is 8.77. The van der Waals surface area contributed by atoms with E-state index in [1.807, 2.05) is 43.3 Å². The lowest BCUT2D eigenvalue weighted by molar-refractivity contribution is 0.576. The van der Waals surface area contributed by atoms with Gasteiger partial charge in [-0.15, -0.1) is 0 Å². The summed E-state index contributed by atoms with van der Waals surface area (Å²) in [6.45, 7) is 5.95. The van der Waals surface area contributed by atoms with Crippen molar-refractivity contribution < 1.29 is 17.7 Å². The molecule has 0 saturated heterocycles. The fourth-order valence-corrected chi connectivity index (χ4v) is 7.02. The third kappa shape index (κ3) is 3.42. The first-order valence-corrected chi connectivity index (χ1v) is 15.0. The molecular formula is C41H24O4. The number of furan rings is 4. The van der Waals surface area contributed by atoms with E-state index >= 15 is 0 Å². The zero-order valence-corrected chi connectivity index (χ0v) is 24.3. The molecule has 0 saturated carbocycles. The quantitative estimate of drug-likeness (QED) is 0.209. The van der Waals surface area contributed by atoms with Crippen LogP contribution in [0.2, 0.25) is 0 Å². The second-order valence-electron chi connectivity index (χ2n) is 11.7. The van der Waals surface area contributed by atoms with Crippen LogP contribution >= 0.6 is 0 Å². The molecule has 45 heavy (non-hydrogen) atoms. The van der Waals surface area contributed by atoms with Crippen LogP contribution in [0.3, 0.4) is 0 Å². The van der Waals surface area contributed by atoms with Crippen molar-refractivity contribution in [3.8, 4) is 22.3 Å². The monoisotopic (exact) mass is 580 g/mol. The van der Waals surface area contributed by atoms with E-state index < -0.39 is 0 Å². The first-order valence-electron chi connectivity index (χ1n) is 15.0. The van der Waals surface area contributed by atoms with Gasteiger partial charge in [-0.25, -0.2) is 0 Å². The average molecular weight is 581 g/mol. The fraction of sp³-hybridized carbons (Fsp3) is 0.0244. The lowest BCUT2D eigenvalue weighted by Gasteiger charge is -2.06. The predicted molar refractivity (Wildman–Crippen MR) is 184 cm³/mol. The summed E-state index contributed by atoms with van der Waals surface area (Å²) in [4.78, 5) is 0. The lowest BCUT2D eigenvalue weighted by atomic mass is 9.98. The van der Waals surface area contributed by atoms with Gasteiger partial charge in [0, 0.05) is 43.9 Å². The molecule has 10 aromatic rings. The van der Waals surface area contributed by atoms with Crippen LogP contribution in [0.5, 0.6) is 0 Å². The van der Waals surface area contributed by atoms with Crippen LogP contribution in [0.15, 0.2) is 133 Å². The van der Waals surface area contributed by atoms with Crippen molar-refractivity contribution in [3.05, 3.63) is 127 Å². The van der Waals surface area contributed by atoms with Gasteiger partial charge in [-0.2, -0.15) is 0 Å². The van der Waals surface area contributed by atoms with Gasteiger partial charge in [0.1, 0.15) is 44.8 Å². The van der Waals surface area contributed by atoms with Crippen LogP contribution in [0.1, 0.15) is 11.3 Å². The molecule has 4 nitrogen and oxygen atoms in total. The van der Waals surface area contributed by atoms with Crippen LogP contribution in [-0.4, -0.2) is 0 Å². The molecule has 0 atom stereocenters. The van der Waals surface area contributed by atoms with Gasteiger partial charge in [0.15, 0.2) is 0 Å². The molecule has 0 radical (unpaired) electrons. The number of para-hydroxylation sites is 1. The second-order valence-corrected chi connectivity index (χ2v) is 11.7. The highest BCUT2D eigenvalue weighted by molar-refractivity contribution is 6.22. The first kappa shape index (κ1) is 24.4. The molecule has 0 fully saturated rings. The predicted octanol–water partition coefficient (Wildman–Crippen LogP) is 12.4. The van der Waals surface area contributed by atoms with Gasteiger partial charge in [0.2, 0.25) is 0 Å². The molecule has 0 unspecified atom stereocenters. The van der Waals surface area contributed by atoms with Gasteiger partial charge < -0.3 is 17.7 Å². The molecule has 0 aliphatic rings. The Labute approximate surface area is 256 Å².